The van der Waals surface area contributed by atoms with E-state index in [1.165, 1.54) is 42.9 Å². The maximum absolute atomic E-state index is 12.9. The Labute approximate surface area is 179 Å². The molecule has 2 amide bonds. The number of nitrogens with zero attached hydrogens (tertiary/aromatic N) is 2. The molecule has 0 spiro atoms. The zero-order valence-corrected chi connectivity index (χ0v) is 16.4. The number of aromatic nitrogens is 2. The molecule has 2 N–H and O–H groups in total. The van der Waals surface area contributed by atoms with Crippen LogP contribution in [0.1, 0.15) is 11.1 Å². The first-order valence-corrected chi connectivity index (χ1v) is 9.13. The number of nitrogens with one attached hydrogen (secondary N) is 2. The summed E-state index contributed by atoms with van der Waals surface area (Å²) in [6, 6.07) is 10.2. The maximum atomic E-state index is 12.9. The van der Waals surface area contributed by atoms with Gasteiger partial charge in [0.2, 0.25) is 0 Å². The number of alkyl halides is 3. The van der Waals surface area contributed by atoms with Crippen LogP contribution in [-0.4, -0.2) is 21.8 Å². The molecule has 0 fully saturated rings. The largest absolute Gasteiger partial charge is 0.416 e. The summed E-state index contributed by atoms with van der Waals surface area (Å²) in [6.45, 7) is 0. The van der Waals surface area contributed by atoms with Gasteiger partial charge in [-0.25, -0.2) is 4.98 Å². The van der Waals surface area contributed by atoms with Crippen LogP contribution in [0.2, 0.25) is 5.15 Å². The lowest BCUT2D eigenvalue weighted by Crippen LogP contribution is -2.25. The highest BCUT2D eigenvalue weighted by Gasteiger charge is 2.30. The van der Waals surface area contributed by atoms with Crippen LogP contribution >= 0.6 is 11.6 Å². The lowest BCUT2D eigenvalue weighted by Gasteiger charge is -2.12. The van der Waals surface area contributed by atoms with Crippen molar-refractivity contribution in [2.75, 3.05) is 10.6 Å². The molecule has 0 saturated carbocycles. The summed E-state index contributed by atoms with van der Waals surface area (Å²) in [5, 5.41) is 4.97. The predicted molar refractivity (Wildman–Crippen MR) is 110 cm³/mol. The van der Waals surface area contributed by atoms with Gasteiger partial charge < -0.3 is 10.6 Å². The second-order valence-electron chi connectivity index (χ2n) is 6.20. The summed E-state index contributed by atoms with van der Waals surface area (Å²) < 4.78 is 38.8. The zero-order chi connectivity index (χ0) is 22.4. The summed E-state index contributed by atoms with van der Waals surface area (Å²) in [5.41, 5.74) is -0.664. The fraction of sp³-hybridized carbons (Fsp3) is 0.0476. The Morgan fingerprint density at radius 3 is 2.26 bits per heavy atom. The van der Waals surface area contributed by atoms with Crippen LogP contribution in [0, 0.1) is 0 Å². The van der Waals surface area contributed by atoms with Crippen molar-refractivity contribution in [3.05, 3.63) is 89.0 Å². The first kappa shape index (κ1) is 22.0. The van der Waals surface area contributed by atoms with Gasteiger partial charge in [0.25, 0.3) is 11.8 Å². The number of hydrogen-bond acceptors (Lipinski definition) is 4. The monoisotopic (exact) mass is 446 g/mol. The highest BCUT2D eigenvalue weighted by atomic mass is 35.5. The molecule has 31 heavy (non-hydrogen) atoms. The number of benzene rings is 1. The average molecular weight is 447 g/mol. The molecule has 3 rings (SSSR count). The van der Waals surface area contributed by atoms with E-state index in [1.54, 1.807) is 12.1 Å². The topological polar surface area (TPSA) is 84.0 Å². The van der Waals surface area contributed by atoms with Crippen molar-refractivity contribution in [2.45, 2.75) is 6.18 Å². The van der Waals surface area contributed by atoms with Crippen molar-refractivity contribution >= 4 is 40.9 Å². The highest BCUT2D eigenvalue weighted by molar-refractivity contribution is 6.30. The molecule has 0 aliphatic heterocycles. The number of anilines is 2. The summed E-state index contributed by atoms with van der Waals surface area (Å²) in [4.78, 5) is 33.3. The molecular formula is C21H14ClF3N4O2. The minimum Gasteiger partial charge on any atom is -0.322 e. The Bertz CT molecular complexity index is 1130. The lowest BCUT2D eigenvalue weighted by molar-refractivity contribution is -0.137. The van der Waals surface area contributed by atoms with Gasteiger partial charge in [-0.15, -0.1) is 0 Å². The lowest BCUT2D eigenvalue weighted by atomic mass is 10.1. The molecule has 158 valence electrons. The van der Waals surface area contributed by atoms with Gasteiger partial charge >= 0.3 is 6.18 Å². The van der Waals surface area contributed by atoms with Crippen LogP contribution in [-0.2, 0) is 15.8 Å². The Kier molecular flexibility index (Phi) is 6.66. The van der Waals surface area contributed by atoms with Crippen LogP contribution in [0.25, 0.3) is 6.08 Å². The SMILES string of the molecule is O=C(Nc1cccc(C(F)(F)F)c1)/C(=C/c1cccnc1)C(=O)Nc1ccnc(Cl)c1. The number of carbonyl (C=O) groups excluding carboxylic acids is 2. The zero-order valence-electron chi connectivity index (χ0n) is 15.7. The molecule has 0 radical (unpaired) electrons. The van der Waals surface area contributed by atoms with Gasteiger partial charge in [-0.2, -0.15) is 13.2 Å². The Morgan fingerprint density at radius 2 is 1.65 bits per heavy atom. The molecule has 3 aromatic rings. The number of carbonyl (C=O) groups is 2. The van der Waals surface area contributed by atoms with E-state index in [0.717, 1.165) is 18.2 Å². The minimum absolute atomic E-state index is 0.114. The van der Waals surface area contributed by atoms with Gasteiger partial charge in [-0.3, -0.25) is 14.6 Å². The molecular weight excluding hydrogens is 433 g/mol. The third-order valence-electron chi connectivity index (χ3n) is 3.92. The number of rotatable bonds is 5. The first-order valence-electron chi connectivity index (χ1n) is 8.75. The van der Waals surface area contributed by atoms with Crippen LogP contribution in [0.15, 0.2) is 72.7 Å². The fourth-order valence-corrected chi connectivity index (χ4v) is 2.69. The van der Waals surface area contributed by atoms with Crippen molar-refractivity contribution in [3.8, 4) is 0 Å². The standard InChI is InChI=1S/C21H14ClF3N4O2/c22-18-11-16(6-8-27-18)29-20(31)17(9-13-3-2-7-26-12-13)19(30)28-15-5-1-4-14(10-15)21(23,24)25/h1-12H,(H,28,30)(H,27,29,31)/b17-9-. The predicted octanol–water partition coefficient (Wildman–Crippen LogP) is 4.81. The van der Waals surface area contributed by atoms with E-state index in [2.05, 4.69) is 20.6 Å². The minimum atomic E-state index is -4.58. The molecule has 1 aromatic carbocycles. The highest BCUT2D eigenvalue weighted by Crippen LogP contribution is 2.30. The van der Waals surface area contributed by atoms with E-state index in [9.17, 15) is 22.8 Å². The van der Waals surface area contributed by atoms with Crippen LogP contribution in [0.3, 0.4) is 0 Å². The summed E-state index contributed by atoms with van der Waals surface area (Å²) in [6.07, 6.45) is 0.999. The van der Waals surface area contributed by atoms with Crippen molar-refractivity contribution in [1.82, 2.24) is 9.97 Å². The quantitative estimate of drug-likeness (QED) is 0.255. The van der Waals surface area contributed by atoms with E-state index < -0.39 is 23.6 Å². The van der Waals surface area contributed by atoms with Crippen LogP contribution in [0.4, 0.5) is 24.5 Å². The van der Waals surface area contributed by atoms with Gasteiger partial charge in [-0.05, 0) is 48.0 Å². The van der Waals surface area contributed by atoms with E-state index in [0.29, 0.717) is 5.56 Å². The van der Waals surface area contributed by atoms with E-state index in [4.69, 9.17) is 11.6 Å². The smallest absolute Gasteiger partial charge is 0.322 e. The van der Waals surface area contributed by atoms with Gasteiger partial charge in [-0.1, -0.05) is 23.7 Å². The normalized spacial score (nSPS) is 11.7. The molecule has 0 saturated heterocycles. The maximum Gasteiger partial charge on any atom is 0.416 e. The molecule has 2 aromatic heterocycles. The molecule has 10 heteroatoms. The van der Waals surface area contributed by atoms with Crippen molar-refractivity contribution < 1.29 is 22.8 Å². The van der Waals surface area contributed by atoms with Gasteiger partial charge in [0.05, 0.1) is 5.56 Å². The molecule has 2 heterocycles. The van der Waals surface area contributed by atoms with Gasteiger partial charge in [0, 0.05) is 30.0 Å². The summed E-state index contributed by atoms with van der Waals surface area (Å²) in [7, 11) is 0. The summed E-state index contributed by atoms with van der Waals surface area (Å²) >= 11 is 5.80. The average Bonchev–Trinajstić information content (AvgIpc) is 2.72. The molecule has 0 aliphatic rings. The van der Waals surface area contributed by atoms with E-state index in [1.807, 2.05) is 0 Å². The molecule has 0 aliphatic carbocycles. The Morgan fingerprint density at radius 1 is 0.935 bits per heavy atom. The number of hydrogen-bond donors (Lipinski definition) is 2. The molecule has 0 bridgehead atoms. The summed E-state index contributed by atoms with van der Waals surface area (Å²) in [5.74, 6) is -1.70. The molecule has 0 atom stereocenters. The fourth-order valence-electron chi connectivity index (χ4n) is 2.51. The number of amides is 2. The third-order valence-corrected chi connectivity index (χ3v) is 4.12. The van der Waals surface area contributed by atoms with Gasteiger partial charge in [0.15, 0.2) is 0 Å². The van der Waals surface area contributed by atoms with Crippen LogP contribution < -0.4 is 10.6 Å². The second-order valence-corrected chi connectivity index (χ2v) is 6.59. The van der Waals surface area contributed by atoms with Crippen molar-refractivity contribution in [1.29, 1.82) is 0 Å². The molecule has 6 nitrogen and oxygen atoms in total. The number of pyridine rings is 2. The van der Waals surface area contributed by atoms with Crippen LogP contribution in [0.5, 0.6) is 0 Å². The van der Waals surface area contributed by atoms with Crippen molar-refractivity contribution in [3.63, 3.8) is 0 Å². The number of halogens is 4. The van der Waals surface area contributed by atoms with E-state index >= 15 is 0 Å². The Balaban J connectivity index is 1.90. The van der Waals surface area contributed by atoms with Crippen molar-refractivity contribution in [2.24, 2.45) is 0 Å². The second kappa shape index (κ2) is 9.40. The third kappa shape index (κ3) is 6.13. The molecule has 0 unspecified atom stereocenters. The Hall–Kier alpha value is -3.72. The first-order chi connectivity index (χ1) is 14.7. The van der Waals surface area contributed by atoms with E-state index in [-0.39, 0.29) is 22.1 Å². The van der Waals surface area contributed by atoms with Gasteiger partial charge in [0.1, 0.15) is 10.7 Å².